The molecule has 0 saturated carbocycles. The highest BCUT2D eigenvalue weighted by atomic mass is 16.5. The fourth-order valence-electron chi connectivity index (χ4n) is 1.17. The van der Waals surface area contributed by atoms with E-state index < -0.39 is 5.97 Å². The van der Waals surface area contributed by atoms with Crippen LogP contribution in [0.4, 0.5) is 0 Å². The van der Waals surface area contributed by atoms with Crippen molar-refractivity contribution in [2.75, 3.05) is 6.61 Å². The molecule has 0 aromatic heterocycles. The van der Waals surface area contributed by atoms with Crippen LogP contribution in [0, 0.1) is 6.92 Å². The summed E-state index contributed by atoms with van der Waals surface area (Å²) < 4.78 is 5.33. The number of hydrogen-bond donors (Lipinski definition) is 1. The van der Waals surface area contributed by atoms with Crippen molar-refractivity contribution in [2.24, 2.45) is 0 Å². The topological polar surface area (TPSA) is 46.5 Å². The van der Waals surface area contributed by atoms with E-state index in [1.807, 2.05) is 32.1 Å². The first-order chi connectivity index (χ1) is 7.15. The minimum Gasteiger partial charge on any atom is -0.489 e. The van der Waals surface area contributed by atoms with E-state index in [1.165, 1.54) is 0 Å². The molecule has 0 fully saturated rings. The van der Waals surface area contributed by atoms with Gasteiger partial charge >= 0.3 is 5.97 Å². The molecular weight excluding hydrogens is 192 g/mol. The van der Waals surface area contributed by atoms with Gasteiger partial charge in [0.1, 0.15) is 17.9 Å². The van der Waals surface area contributed by atoms with Gasteiger partial charge in [-0.2, -0.15) is 0 Å². The lowest BCUT2D eigenvalue weighted by atomic mass is 10.1. The van der Waals surface area contributed by atoms with Crippen LogP contribution >= 0.6 is 0 Å². The van der Waals surface area contributed by atoms with Gasteiger partial charge in [0.05, 0.1) is 0 Å². The molecule has 0 atom stereocenters. The lowest BCUT2D eigenvalue weighted by Gasteiger charge is -2.07. The third-order valence-electron chi connectivity index (χ3n) is 1.94. The summed E-state index contributed by atoms with van der Waals surface area (Å²) in [5, 5.41) is 8.95. The summed E-state index contributed by atoms with van der Waals surface area (Å²) in [6.07, 6.45) is 3.68. The monoisotopic (exact) mass is 206 g/mol. The van der Waals surface area contributed by atoms with Crippen LogP contribution in [0.15, 0.2) is 30.4 Å². The van der Waals surface area contributed by atoms with Gasteiger partial charge < -0.3 is 9.84 Å². The third kappa shape index (κ3) is 3.13. The van der Waals surface area contributed by atoms with E-state index >= 15 is 0 Å². The average molecular weight is 206 g/mol. The first-order valence-corrected chi connectivity index (χ1v) is 4.73. The van der Waals surface area contributed by atoms with Gasteiger partial charge in [0.15, 0.2) is 0 Å². The number of benzene rings is 1. The molecule has 1 aromatic carbocycles. The Morgan fingerprint density at radius 2 is 2.27 bits per heavy atom. The Kier molecular flexibility index (Phi) is 3.92. The Balaban J connectivity index is 2.90. The number of allylic oxidation sites excluding steroid dienone is 1. The predicted molar refractivity (Wildman–Crippen MR) is 58.4 cm³/mol. The predicted octanol–water partition coefficient (Wildman–Crippen LogP) is 2.65. The highest BCUT2D eigenvalue weighted by Crippen LogP contribution is 2.19. The van der Waals surface area contributed by atoms with Gasteiger partial charge in [-0.15, -0.1) is 0 Å². The zero-order valence-electron chi connectivity index (χ0n) is 8.86. The molecule has 0 bridgehead atoms. The lowest BCUT2D eigenvalue weighted by molar-refractivity contribution is 0.0692. The van der Waals surface area contributed by atoms with Crippen LogP contribution in [0.3, 0.4) is 0 Å². The molecule has 80 valence electrons. The number of aromatic carboxylic acids is 1. The van der Waals surface area contributed by atoms with Gasteiger partial charge in [-0.25, -0.2) is 4.79 Å². The minimum absolute atomic E-state index is 0.208. The van der Waals surface area contributed by atoms with E-state index in [-0.39, 0.29) is 5.56 Å². The molecule has 3 nitrogen and oxygen atoms in total. The number of carboxylic acids is 1. The maximum atomic E-state index is 10.9. The molecule has 0 heterocycles. The number of aryl methyl sites for hydroxylation is 1. The second-order valence-electron chi connectivity index (χ2n) is 3.18. The van der Waals surface area contributed by atoms with Gasteiger partial charge in [-0.05, 0) is 26.0 Å². The summed E-state index contributed by atoms with van der Waals surface area (Å²) in [5.74, 6) is -0.555. The Morgan fingerprint density at radius 3 is 2.87 bits per heavy atom. The Hall–Kier alpha value is -1.77. The van der Waals surface area contributed by atoms with Crippen molar-refractivity contribution in [1.29, 1.82) is 0 Å². The van der Waals surface area contributed by atoms with Crippen molar-refractivity contribution in [1.82, 2.24) is 0 Å². The molecule has 3 heteroatoms. The molecule has 0 aliphatic heterocycles. The molecule has 0 aliphatic rings. The van der Waals surface area contributed by atoms with Gasteiger partial charge in [0.25, 0.3) is 0 Å². The molecule has 0 aliphatic carbocycles. The Labute approximate surface area is 89.0 Å². The van der Waals surface area contributed by atoms with Crippen LogP contribution in [-0.4, -0.2) is 17.7 Å². The van der Waals surface area contributed by atoms with E-state index in [2.05, 4.69) is 0 Å². The van der Waals surface area contributed by atoms with E-state index in [1.54, 1.807) is 12.1 Å². The van der Waals surface area contributed by atoms with Crippen LogP contribution in [-0.2, 0) is 0 Å². The van der Waals surface area contributed by atoms with Crippen molar-refractivity contribution < 1.29 is 14.6 Å². The summed E-state index contributed by atoms with van der Waals surface area (Å²) in [5.41, 5.74) is 1.12. The van der Waals surface area contributed by atoms with E-state index in [0.29, 0.717) is 12.4 Å². The lowest BCUT2D eigenvalue weighted by Crippen LogP contribution is -2.03. The minimum atomic E-state index is -0.964. The zero-order valence-corrected chi connectivity index (χ0v) is 8.86. The van der Waals surface area contributed by atoms with Crippen LogP contribution in [0.2, 0.25) is 0 Å². The maximum absolute atomic E-state index is 10.9. The van der Waals surface area contributed by atoms with Crippen molar-refractivity contribution in [3.8, 4) is 5.75 Å². The van der Waals surface area contributed by atoms with E-state index in [4.69, 9.17) is 9.84 Å². The molecule has 1 aromatic rings. The van der Waals surface area contributed by atoms with Crippen LogP contribution in [0.5, 0.6) is 5.75 Å². The Bertz CT molecular complexity index is 380. The fourth-order valence-corrected chi connectivity index (χ4v) is 1.17. The number of carboxylic acid groups (broad SMARTS) is 1. The first kappa shape index (κ1) is 11.3. The molecule has 0 amide bonds. The van der Waals surface area contributed by atoms with Gasteiger partial charge in [0, 0.05) is 0 Å². The maximum Gasteiger partial charge on any atom is 0.339 e. The normalized spacial score (nSPS) is 10.5. The molecule has 0 saturated heterocycles. The molecular formula is C12H14O3. The van der Waals surface area contributed by atoms with E-state index in [9.17, 15) is 4.79 Å². The first-order valence-electron chi connectivity index (χ1n) is 4.73. The Morgan fingerprint density at radius 1 is 1.53 bits per heavy atom. The van der Waals surface area contributed by atoms with Gasteiger partial charge in [-0.3, -0.25) is 0 Å². The summed E-state index contributed by atoms with van der Waals surface area (Å²) in [6, 6.07) is 5.12. The van der Waals surface area contributed by atoms with Crippen molar-refractivity contribution in [3.63, 3.8) is 0 Å². The molecule has 0 spiro atoms. The van der Waals surface area contributed by atoms with Gasteiger partial charge in [-0.1, -0.05) is 23.8 Å². The van der Waals surface area contributed by atoms with Crippen LogP contribution in [0.1, 0.15) is 22.8 Å². The SMILES string of the molecule is CC=CCOc1ccc(C)cc1C(=O)O. The average Bonchev–Trinajstić information content (AvgIpc) is 2.20. The van der Waals surface area contributed by atoms with Crippen molar-refractivity contribution in [2.45, 2.75) is 13.8 Å². The highest BCUT2D eigenvalue weighted by molar-refractivity contribution is 5.91. The smallest absolute Gasteiger partial charge is 0.339 e. The molecule has 1 rings (SSSR count). The summed E-state index contributed by atoms with van der Waals surface area (Å²) in [7, 11) is 0. The third-order valence-corrected chi connectivity index (χ3v) is 1.94. The summed E-state index contributed by atoms with van der Waals surface area (Å²) >= 11 is 0. The summed E-state index contributed by atoms with van der Waals surface area (Å²) in [4.78, 5) is 10.9. The molecule has 15 heavy (non-hydrogen) atoms. The molecule has 0 unspecified atom stereocenters. The largest absolute Gasteiger partial charge is 0.489 e. The second-order valence-corrected chi connectivity index (χ2v) is 3.18. The second kappa shape index (κ2) is 5.20. The van der Waals surface area contributed by atoms with Crippen molar-refractivity contribution >= 4 is 5.97 Å². The zero-order chi connectivity index (χ0) is 11.3. The van der Waals surface area contributed by atoms with E-state index in [0.717, 1.165) is 5.56 Å². The quantitative estimate of drug-likeness (QED) is 0.770. The highest BCUT2D eigenvalue weighted by Gasteiger charge is 2.10. The molecule has 1 N–H and O–H groups in total. The van der Waals surface area contributed by atoms with Crippen LogP contribution in [0.25, 0.3) is 0 Å². The number of carbonyl (C=O) groups is 1. The van der Waals surface area contributed by atoms with Crippen molar-refractivity contribution in [3.05, 3.63) is 41.5 Å². The van der Waals surface area contributed by atoms with Gasteiger partial charge in [0.2, 0.25) is 0 Å². The number of ether oxygens (including phenoxy) is 1. The van der Waals surface area contributed by atoms with Crippen LogP contribution < -0.4 is 4.74 Å². The fraction of sp³-hybridized carbons (Fsp3) is 0.250. The molecule has 0 radical (unpaired) electrons. The number of rotatable bonds is 4. The summed E-state index contributed by atoms with van der Waals surface area (Å²) in [6.45, 7) is 4.12. The standard InChI is InChI=1S/C12H14O3/c1-3-4-7-15-11-6-5-9(2)8-10(11)12(13)14/h3-6,8H,7H2,1-2H3,(H,13,14). The number of hydrogen-bond acceptors (Lipinski definition) is 2.